The summed E-state index contributed by atoms with van der Waals surface area (Å²) < 4.78 is 5.97. The minimum absolute atomic E-state index is 0.0983. The Morgan fingerprint density at radius 2 is 2.10 bits per heavy atom. The van der Waals surface area contributed by atoms with Crippen molar-refractivity contribution in [1.82, 2.24) is 10.2 Å². The van der Waals surface area contributed by atoms with E-state index in [0.29, 0.717) is 0 Å². The summed E-state index contributed by atoms with van der Waals surface area (Å²) in [7, 11) is 1.91. The van der Waals surface area contributed by atoms with Crippen molar-refractivity contribution in [3.8, 4) is 5.75 Å². The number of carbonyl (C=O) groups is 1. The Balaban J connectivity index is 2.10. The summed E-state index contributed by atoms with van der Waals surface area (Å²) in [5, 5.41) is 3.13. The lowest BCUT2D eigenvalue weighted by atomic mass is 10.1. The first-order chi connectivity index (χ1) is 9.63. The average molecular weight is 276 g/mol. The fourth-order valence-electron chi connectivity index (χ4n) is 2.63. The lowest BCUT2D eigenvalue weighted by Gasteiger charge is -2.23. The van der Waals surface area contributed by atoms with Crippen LogP contribution in [0.2, 0.25) is 0 Å². The lowest BCUT2D eigenvalue weighted by Crippen LogP contribution is -2.38. The second-order valence-electron chi connectivity index (χ2n) is 5.39. The number of aryl methyl sites for hydroxylation is 1. The number of rotatable bonds is 5. The molecule has 1 aromatic rings. The summed E-state index contributed by atoms with van der Waals surface area (Å²) in [6.07, 6.45) is 1.78. The van der Waals surface area contributed by atoms with Crippen LogP contribution >= 0.6 is 0 Å². The standard InChI is InChI=1S/C16H24N2O2/c1-12-7-6-8-14(11-17-3)15(12)20-13(2)16(19)18-9-4-5-10-18/h6-8,13,17H,4-5,9-11H2,1-3H3. The minimum Gasteiger partial charge on any atom is -0.480 e. The molecule has 1 aliphatic heterocycles. The smallest absolute Gasteiger partial charge is 0.263 e. The average Bonchev–Trinajstić information content (AvgIpc) is 2.96. The van der Waals surface area contributed by atoms with Crippen LogP contribution in [0.25, 0.3) is 0 Å². The van der Waals surface area contributed by atoms with Crippen molar-refractivity contribution in [2.75, 3.05) is 20.1 Å². The predicted molar refractivity (Wildman–Crippen MR) is 79.8 cm³/mol. The van der Waals surface area contributed by atoms with E-state index in [0.717, 1.165) is 49.4 Å². The molecule has 1 aromatic carbocycles. The maximum absolute atomic E-state index is 12.3. The number of likely N-dealkylation sites (tertiary alicyclic amines) is 1. The molecule has 0 aromatic heterocycles. The summed E-state index contributed by atoms with van der Waals surface area (Å²) in [6.45, 7) is 6.33. The lowest BCUT2D eigenvalue weighted by molar-refractivity contribution is -0.136. The highest BCUT2D eigenvalue weighted by molar-refractivity contribution is 5.81. The van der Waals surface area contributed by atoms with Crippen LogP contribution in [0.3, 0.4) is 0 Å². The van der Waals surface area contributed by atoms with Gasteiger partial charge in [-0.25, -0.2) is 0 Å². The van der Waals surface area contributed by atoms with Gasteiger partial charge in [-0.2, -0.15) is 0 Å². The molecule has 0 bridgehead atoms. The molecule has 1 atom stereocenters. The predicted octanol–water partition coefficient (Wildman–Crippen LogP) is 2.10. The second kappa shape index (κ2) is 6.75. The second-order valence-corrected chi connectivity index (χ2v) is 5.39. The van der Waals surface area contributed by atoms with Gasteiger partial charge in [0.25, 0.3) is 5.91 Å². The molecule has 20 heavy (non-hydrogen) atoms. The van der Waals surface area contributed by atoms with E-state index >= 15 is 0 Å². The molecule has 1 unspecified atom stereocenters. The molecule has 0 spiro atoms. The van der Waals surface area contributed by atoms with E-state index in [4.69, 9.17) is 4.74 Å². The van der Waals surface area contributed by atoms with Crippen LogP contribution in [0.15, 0.2) is 18.2 Å². The van der Waals surface area contributed by atoms with E-state index in [1.165, 1.54) is 0 Å². The number of ether oxygens (including phenoxy) is 1. The molecule has 0 radical (unpaired) electrons. The van der Waals surface area contributed by atoms with Gasteiger partial charge in [-0.15, -0.1) is 0 Å². The molecule has 0 saturated carbocycles. The number of benzene rings is 1. The quantitative estimate of drug-likeness (QED) is 0.895. The Labute approximate surface area is 121 Å². The van der Waals surface area contributed by atoms with Crippen molar-refractivity contribution < 1.29 is 9.53 Å². The van der Waals surface area contributed by atoms with Gasteiger partial charge in [-0.3, -0.25) is 4.79 Å². The number of para-hydroxylation sites is 1. The molecule has 1 fully saturated rings. The first kappa shape index (κ1) is 14.9. The molecule has 1 aliphatic rings. The first-order valence-electron chi connectivity index (χ1n) is 7.32. The van der Waals surface area contributed by atoms with Crippen molar-refractivity contribution in [3.63, 3.8) is 0 Å². The van der Waals surface area contributed by atoms with Gasteiger partial charge in [-0.05, 0) is 39.3 Å². The Morgan fingerprint density at radius 1 is 1.40 bits per heavy atom. The number of nitrogens with one attached hydrogen (secondary N) is 1. The first-order valence-corrected chi connectivity index (χ1v) is 7.32. The molecule has 1 amide bonds. The minimum atomic E-state index is -0.426. The van der Waals surface area contributed by atoms with Crippen LogP contribution in [0.5, 0.6) is 5.75 Å². The monoisotopic (exact) mass is 276 g/mol. The summed E-state index contributed by atoms with van der Waals surface area (Å²) in [5.74, 6) is 0.933. The van der Waals surface area contributed by atoms with E-state index in [1.807, 2.05) is 44.0 Å². The number of nitrogens with zero attached hydrogens (tertiary/aromatic N) is 1. The SMILES string of the molecule is CNCc1cccc(C)c1OC(C)C(=O)N1CCCC1. The highest BCUT2D eigenvalue weighted by Gasteiger charge is 2.25. The van der Waals surface area contributed by atoms with Gasteiger partial charge in [0.15, 0.2) is 6.10 Å². The van der Waals surface area contributed by atoms with Crippen LogP contribution in [0.1, 0.15) is 30.9 Å². The van der Waals surface area contributed by atoms with E-state index in [-0.39, 0.29) is 5.91 Å². The van der Waals surface area contributed by atoms with Crippen molar-refractivity contribution in [2.24, 2.45) is 0 Å². The van der Waals surface area contributed by atoms with Gasteiger partial charge in [0, 0.05) is 25.2 Å². The normalized spacial score (nSPS) is 16.2. The third kappa shape index (κ3) is 3.31. The van der Waals surface area contributed by atoms with Crippen molar-refractivity contribution >= 4 is 5.91 Å². The van der Waals surface area contributed by atoms with Gasteiger partial charge in [0.2, 0.25) is 0 Å². The molecular weight excluding hydrogens is 252 g/mol. The van der Waals surface area contributed by atoms with Gasteiger partial charge >= 0.3 is 0 Å². The molecule has 4 nitrogen and oxygen atoms in total. The zero-order valence-electron chi connectivity index (χ0n) is 12.6. The molecule has 0 aliphatic carbocycles. The highest BCUT2D eigenvalue weighted by Crippen LogP contribution is 2.25. The third-order valence-corrected chi connectivity index (χ3v) is 3.72. The van der Waals surface area contributed by atoms with Gasteiger partial charge in [-0.1, -0.05) is 18.2 Å². The Bertz CT molecular complexity index is 468. The fourth-order valence-corrected chi connectivity index (χ4v) is 2.63. The molecule has 110 valence electrons. The van der Waals surface area contributed by atoms with Gasteiger partial charge in [0.05, 0.1) is 0 Å². The summed E-state index contributed by atoms with van der Waals surface area (Å²) in [5.41, 5.74) is 2.16. The molecule has 4 heteroatoms. The maximum Gasteiger partial charge on any atom is 0.263 e. The van der Waals surface area contributed by atoms with Crippen LogP contribution in [0, 0.1) is 6.92 Å². The zero-order chi connectivity index (χ0) is 14.5. The van der Waals surface area contributed by atoms with E-state index in [2.05, 4.69) is 5.32 Å². The fraction of sp³-hybridized carbons (Fsp3) is 0.562. The summed E-state index contributed by atoms with van der Waals surface area (Å²) >= 11 is 0. The van der Waals surface area contributed by atoms with Crippen LogP contribution in [0.4, 0.5) is 0 Å². The number of carbonyl (C=O) groups excluding carboxylic acids is 1. The molecule has 2 rings (SSSR count). The maximum atomic E-state index is 12.3. The molecule has 1 heterocycles. The third-order valence-electron chi connectivity index (χ3n) is 3.72. The zero-order valence-corrected chi connectivity index (χ0v) is 12.6. The number of amides is 1. The number of hydrogen-bond acceptors (Lipinski definition) is 3. The largest absolute Gasteiger partial charge is 0.480 e. The molecular formula is C16H24N2O2. The molecule has 1 N–H and O–H groups in total. The Kier molecular flexibility index (Phi) is 5.01. The van der Waals surface area contributed by atoms with E-state index in [1.54, 1.807) is 0 Å². The molecule has 1 saturated heterocycles. The van der Waals surface area contributed by atoms with Crippen LogP contribution in [-0.2, 0) is 11.3 Å². The summed E-state index contributed by atoms with van der Waals surface area (Å²) in [6, 6.07) is 6.06. The topological polar surface area (TPSA) is 41.6 Å². The van der Waals surface area contributed by atoms with Gasteiger partial charge < -0.3 is 15.0 Å². The van der Waals surface area contributed by atoms with E-state index in [9.17, 15) is 4.79 Å². The van der Waals surface area contributed by atoms with Crippen LogP contribution in [-0.4, -0.2) is 37.0 Å². The Morgan fingerprint density at radius 3 is 2.75 bits per heavy atom. The Hall–Kier alpha value is -1.55. The highest BCUT2D eigenvalue weighted by atomic mass is 16.5. The van der Waals surface area contributed by atoms with E-state index < -0.39 is 6.10 Å². The van der Waals surface area contributed by atoms with Crippen molar-refractivity contribution in [1.29, 1.82) is 0 Å². The van der Waals surface area contributed by atoms with Gasteiger partial charge in [0.1, 0.15) is 5.75 Å². The van der Waals surface area contributed by atoms with Crippen molar-refractivity contribution in [3.05, 3.63) is 29.3 Å². The number of hydrogen-bond donors (Lipinski definition) is 1. The van der Waals surface area contributed by atoms with Crippen molar-refractivity contribution in [2.45, 2.75) is 39.3 Å². The summed E-state index contributed by atoms with van der Waals surface area (Å²) in [4.78, 5) is 14.2. The van der Waals surface area contributed by atoms with Crippen LogP contribution < -0.4 is 10.1 Å².